The summed E-state index contributed by atoms with van der Waals surface area (Å²) in [6.45, 7) is 6.03. The standard InChI is InChI=1S/C20H26ClN5O5S/c1-13-18(15(3)31-23-13)32(29,30)24-14(2)19(27)25-9-4-10-26(12-11-25)20(28)22-17-7-5-16(21)6-8-17/h5-8,14,24H,4,9-12H2,1-3H3,(H,22,28)/t14-/m0/s1. The average molecular weight is 484 g/mol. The number of sulfonamides is 1. The zero-order chi connectivity index (χ0) is 23.5. The lowest BCUT2D eigenvalue weighted by atomic mass is 10.3. The predicted molar refractivity (Wildman–Crippen MR) is 119 cm³/mol. The van der Waals surface area contributed by atoms with E-state index in [0.29, 0.717) is 43.3 Å². The third-order valence-corrected chi connectivity index (χ3v) is 7.17. The first kappa shape index (κ1) is 24.0. The molecule has 0 aliphatic carbocycles. The van der Waals surface area contributed by atoms with Crippen LogP contribution in [-0.2, 0) is 14.8 Å². The molecule has 1 aromatic carbocycles. The molecule has 1 saturated heterocycles. The van der Waals surface area contributed by atoms with Gasteiger partial charge in [-0.05, 0) is 51.5 Å². The number of halogens is 1. The fraction of sp³-hybridized carbons (Fsp3) is 0.450. The SMILES string of the molecule is Cc1noc(C)c1S(=O)(=O)N[C@@H](C)C(=O)N1CCCN(C(=O)Nc2ccc(Cl)cc2)CC1. The van der Waals surface area contributed by atoms with Crippen molar-refractivity contribution in [2.24, 2.45) is 0 Å². The molecule has 2 N–H and O–H groups in total. The summed E-state index contributed by atoms with van der Waals surface area (Å²) in [6, 6.07) is 5.54. The van der Waals surface area contributed by atoms with Crippen LogP contribution in [0, 0.1) is 13.8 Å². The van der Waals surface area contributed by atoms with Crippen LogP contribution < -0.4 is 10.0 Å². The van der Waals surface area contributed by atoms with E-state index in [9.17, 15) is 18.0 Å². The maximum atomic E-state index is 12.9. The Morgan fingerprint density at radius 1 is 1.09 bits per heavy atom. The normalized spacial score (nSPS) is 15.9. The van der Waals surface area contributed by atoms with Crippen LogP contribution in [0.25, 0.3) is 0 Å². The van der Waals surface area contributed by atoms with Gasteiger partial charge in [0.25, 0.3) is 0 Å². The fourth-order valence-electron chi connectivity index (χ4n) is 3.55. The van der Waals surface area contributed by atoms with E-state index in [1.165, 1.54) is 20.8 Å². The molecular formula is C20H26ClN5O5S. The molecular weight excluding hydrogens is 458 g/mol. The van der Waals surface area contributed by atoms with Gasteiger partial charge in [0.15, 0.2) is 5.76 Å². The molecule has 12 heteroatoms. The maximum Gasteiger partial charge on any atom is 0.321 e. The van der Waals surface area contributed by atoms with E-state index in [2.05, 4.69) is 15.2 Å². The van der Waals surface area contributed by atoms with Crippen LogP contribution in [0.15, 0.2) is 33.7 Å². The Morgan fingerprint density at radius 3 is 2.34 bits per heavy atom. The quantitative estimate of drug-likeness (QED) is 0.672. The third-order valence-electron chi connectivity index (χ3n) is 5.13. The molecule has 2 aromatic rings. The number of aromatic nitrogens is 1. The van der Waals surface area contributed by atoms with Crippen molar-refractivity contribution < 1.29 is 22.5 Å². The largest absolute Gasteiger partial charge is 0.360 e. The summed E-state index contributed by atoms with van der Waals surface area (Å²) in [4.78, 5) is 28.6. The van der Waals surface area contributed by atoms with Gasteiger partial charge in [0, 0.05) is 36.9 Å². The minimum atomic E-state index is -3.97. The summed E-state index contributed by atoms with van der Waals surface area (Å²) in [5, 5.41) is 7.04. The summed E-state index contributed by atoms with van der Waals surface area (Å²) in [7, 11) is -3.97. The van der Waals surface area contributed by atoms with Crippen LogP contribution in [0.2, 0.25) is 5.02 Å². The second kappa shape index (κ2) is 9.88. The van der Waals surface area contributed by atoms with Crippen molar-refractivity contribution in [1.82, 2.24) is 19.7 Å². The van der Waals surface area contributed by atoms with Crippen molar-refractivity contribution in [3.8, 4) is 0 Å². The number of amides is 3. The van der Waals surface area contributed by atoms with Crippen LogP contribution in [0.3, 0.4) is 0 Å². The van der Waals surface area contributed by atoms with Crippen LogP contribution >= 0.6 is 11.6 Å². The number of hydrogen-bond donors (Lipinski definition) is 2. The molecule has 1 fully saturated rings. The van der Waals surface area contributed by atoms with Crippen molar-refractivity contribution >= 4 is 39.2 Å². The third kappa shape index (κ3) is 5.59. The second-order valence-electron chi connectivity index (χ2n) is 7.60. The number of benzene rings is 1. The molecule has 3 rings (SSSR count). The summed E-state index contributed by atoms with van der Waals surface area (Å²) < 4.78 is 32.7. The van der Waals surface area contributed by atoms with E-state index < -0.39 is 16.1 Å². The number of rotatable bonds is 5. The van der Waals surface area contributed by atoms with E-state index in [0.717, 1.165) is 0 Å². The van der Waals surface area contributed by atoms with Gasteiger partial charge in [0.05, 0.1) is 6.04 Å². The van der Waals surface area contributed by atoms with Gasteiger partial charge in [-0.2, -0.15) is 4.72 Å². The van der Waals surface area contributed by atoms with Crippen molar-refractivity contribution in [3.05, 3.63) is 40.7 Å². The maximum absolute atomic E-state index is 12.9. The van der Waals surface area contributed by atoms with Gasteiger partial charge in [-0.25, -0.2) is 13.2 Å². The number of urea groups is 1. The van der Waals surface area contributed by atoms with Crippen molar-refractivity contribution in [1.29, 1.82) is 0 Å². The minimum absolute atomic E-state index is 0.0573. The Morgan fingerprint density at radius 2 is 1.72 bits per heavy atom. The van der Waals surface area contributed by atoms with E-state index in [1.807, 2.05) is 0 Å². The Bertz CT molecular complexity index is 1070. The molecule has 1 atom stereocenters. The van der Waals surface area contributed by atoms with Crippen LogP contribution in [-0.4, -0.2) is 67.5 Å². The number of nitrogens with one attached hydrogen (secondary N) is 2. The van der Waals surface area contributed by atoms with Crippen LogP contribution in [0.1, 0.15) is 24.8 Å². The lowest BCUT2D eigenvalue weighted by Gasteiger charge is -2.25. The van der Waals surface area contributed by atoms with Crippen LogP contribution in [0.5, 0.6) is 0 Å². The molecule has 1 aliphatic heterocycles. The van der Waals surface area contributed by atoms with Gasteiger partial charge < -0.3 is 19.6 Å². The molecule has 0 saturated carbocycles. The molecule has 0 unspecified atom stereocenters. The highest BCUT2D eigenvalue weighted by Crippen LogP contribution is 2.19. The Kier molecular flexibility index (Phi) is 7.42. The molecule has 2 heterocycles. The molecule has 0 spiro atoms. The van der Waals surface area contributed by atoms with Crippen molar-refractivity contribution in [2.75, 3.05) is 31.5 Å². The highest BCUT2D eigenvalue weighted by Gasteiger charge is 2.31. The van der Waals surface area contributed by atoms with Gasteiger partial charge in [0.2, 0.25) is 15.9 Å². The summed E-state index contributed by atoms with van der Waals surface area (Å²) >= 11 is 5.86. The molecule has 3 amide bonds. The molecule has 174 valence electrons. The topological polar surface area (TPSA) is 125 Å². The number of carbonyl (C=O) groups is 2. The average Bonchev–Trinajstić information content (AvgIpc) is 2.93. The number of aryl methyl sites for hydroxylation is 2. The molecule has 32 heavy (non-hydrogen) atoms. The highest BCUT2D eigenvalue weighted by molar-refractivity contribution is 7.89. The smallest absolute Gasteiger partial charge is 0.321 e. The Labute approximate surface area is 191 Å². The van der Waals surface area contributed by atoms with Crippen molar-refractivity contribution in [2.45, 2.75) is 38.1 Å². The second-order valence-corrected chi connectivity index (χ2v) is 9.69. The number of hydrogen-bond acceptors (Lipinski definition) is 6. The van der Waals surface area contributed by atoms with E-state index in [4.69, 9.17) is 16.1 Å². The lowest BCUT2D eigenvalue weighted by molar-refractivity contribution is -0.132. The lowest BCUT2D eigenvalue weighted by Crippen LogP contribution is -2.48. The number of nitrogens with zero attached hydrogens (tertiary/aromatic N) is 3. The van der Waals surface area contributed by atoms with E-state index in [-0.39, 0.29) is 28.3 Å². The zero-order valence-corrected chi connectivity index (χ0v) is 19.7. The molecule has 1 aliphatic rings. The van der Waals surface area contributed by atoms with Gasteiger partial charge >= 0.3 is 6.03 Å². The summed E-state index contributed by atoms with van der Waals surface area (Å²) in [5.41, 5.74) is 0.852. The summed E-state index contributed by atoms with van der Waals surface area (Å²) in [6.07, 6.45) is 0.573. The zero-order valence-electron chi connectivity index (χ0n) is 18.1. The van der Waals surface area contributed by atoms with Gasteiger partial charge in [0.1, 0.15) is 10.6 Å². The number of carbonyl (C=O) groups excluding carboxylic acids is 2. The van der Waals surface area contributed by atoms with Gasteiger partial charge in [-0.15, -0.1) is 0 Å². The molecule has 0 radical (unpaired) electrons. The van der Waals surface area contributed by atoms with Crippen LogP contribution in [0.4, 0.5) is 10.5 Å². The molecule has 0 bridgehead atoms. The molecule has 1 aromatic heterocycles. The summed E-state index contributed by atoms with van der Waals surface area (Å²) in [5.74, 6) is -0.202. The minimum Gasteiger partial charge on any atom is -0.360 e. The first-order valence-electron chi connectivity index (χ1n) is 10.1. The van der Waals surface area contributed by atoms with Gasteiger partial charge in [-0.3, -0.25) is 4.79 Å². The number of anilines is 1. The predicted octanol–water partition coefficient (Wildman–Crippen LogP) is 2.38. The van der Waals surface area contributed by atoms with Crippen molar-refractivity contribution in [3.63, 3.8) is 0 Å². The fourth-order valence-corrected chi connectivity index (χ4v) is 5.20. The Hall–Kier alpha value is -2.63. The first-order valence-corrected chi connectivity index (χ1v) is 12.0. The Balaban J connectivity index is 1.58. The first-order chi connectivity index (χ1) is 15.1. The molecule has 10 nitrogen and oxygen atoms in total. The highest BCUT2D eigenvalue weighted by atomic mass is 35.5. The van der Waals surface area contributed by atoms with E-state index in [1.54, 1.807) is 34.1 Å². The monoisotopic (exact) mass is 483 g/mol. The van der Waals surface area contributed by atoms with E-state index >= 15 is 0 Å². The van der Waals surface area contributed by atoms with Gasteiger partial charge in [-0.1, -0.05) is 16.8 Å².